The Morgan fingerprint density at radius 3 is 2.71 bits per heavy atom. The number of carbonyl (C=O) groups excluding carboxylic acids is 1. The van der Waals surface area contributed by atoms with Gasteiger partial charge in [0.2, 0.25) is 11.7 Å². The number of alkyl halides is 2. The number of amides is 1. The summed E-state index contributed by atoms with van der Waals surface area (Å²) in [7, 11) is 0. The van der Waals surface area contributed by atoms with Crippen molar-refractivity contribution in [3.05, 3.63) is 54.2 Å². The highest BCUT2D eigenvalue weighted by molar-refractivity contribution is 5.89. The fraction of sp³-hybridized carbons (Fsp3) is 0.375. The molecule has 0 radical (unpaired) electrons. The first-order chi connectivity index (χ1) is 16.7. The number of nitrogens with one attached hydrogen (secondary N) is 2. The molecule has 35 heavy (non-hydrogen) atoms. The van der Waals surface area contributed by atoms with Gasteiger partial charge in [-0.2, -0.15) is 8.78 Å². The van der Waals surface area contributed by atoms with Gasteiger partial charge in [-0.25, -0.2) is 15.0 Å². The highest BCUT2D eigenvalue weighted by Crippen LogP contribution is 2.31. The maximum atomic E-state index is 13.7. The maximum absolute atomic E-state index is 13.7. The minimum Gasteiger partial charge on any atom is -0.379 e. The SMILES string of the molecule is CC(=O)Nc1cc(Nc2ccnc(C(C)(F)F)n2)c(-c2ccc(CN3CCOC[C@H]3C)cn2)cn1. The number of nitrogens with zero attached hydrogens (tertiary/aromatic N) is 5. The molecule has 9 nitrogen and oxygen atoms in total. The van der Waals surface area contributed by atoms with E-state index in [9.17, 15) is 13.6 Å². The smallest absolute Gasteiger partial charge is 0.303 e. The summed E-state index contributed by atoms with van der Waals surface area (Å²) in [6, 6.07) is 7.30. The summed E-state index contributed by atoms with van der Waals surface area (Å²) in [5, 5.41) is 5.67. The van der Waals surface area contributed by atoms with Gasteiger partial charge >= 0.3 is 5.92 Å². The maximum Gasteiger partial charge on any atom is 0.303 e. The van der Waals surface area contributed by atoms with E-state index in [1.54, 1.807) is 12.3 Å². The second-order valence-corrected chi connectivity index (χ2v) is 8.52. The van der Waals surface area contributed by atoms with Gasteiger partial charge in [0.05, 0.1) is 24.6 Å². The number of rotatable bonds is 7. The van der Waals surface area contributed by atoms with Crippen molar-refractivity contribution in [3.63, 3.8) is 0 Å². The zero-order chi connectivity index (χ0) is 25.0. The zero-order valence-electron chi connectivity index (χ0n) is 19.8. The fourth-order valence-corrected chi connectivity index (χ4v) is 3.70. The summed E-state index contributed by atoms with van der Waals surface area (Å²) in [4.78, 5) is 30.4. The molecule has 0 saturated carbocycles. The van der Waals surface area contributed by atoms with E-state index in [0.29, 0.717) is 42.0 Å². The van der Waals surface area contributed by atoms with E-state index in [-0.39, 0.29) is 11.7 Å². The van der Waals surface area contributed by atoms with Gasteiger partial charge in [0.1, 0.15) is 11.6 Å². The molecule has 1 saturated heterocycles. The first kappa shape index (κ1) is 24.6. The Labute approximate surface area is 202 Å². The Bertz CT molecular complexity index is 1190. The molecule has 0 bridgehead atoms. The van der Waals surface area contributed by atoms with Crippen molar-refractivity contribution in [1.29, 1.82) is 0 Å². The van der Waals surface area contributed by atoms with Crippen LogP contribution in [0.2, 0.25) is 0 Å². The molecule has 0 spiro atoms. The van der Waals surface area contributed by atoms with Crippen LogP contribution >= 0.6 is 0 Å². The molecule has 0 unspecified atom stereocenters. The summed E-state index contributed by atoms with van der Waals surface area (Å²) >= 11 is 0. The predicted molar refractivity (Wildman–Crippen MR) is 127 cm³/mol. The Morgan fingerprint density at radius 2 is 2.03 bits per heavy atom. The largest absolute Gasteiger partial charge is 0.379 e. The third-order valence-corrected chi connectivity index (χ3v) is 5.51. The highest BCUT2D eigenvalue weighted by atomic mass is 19.3. The minimum atomic E-state index is -3.19. The lowest BCUT2D eigenvalue weighted by molar-refractivity contribution is -0.114. The van der Waals surface area contributed by atoms with Crippen LogP contribution in [0.4, 0.5) is 26.1 Å². The van der Waals surface area contributed by atoms with Gasteiger partial charge in [-0.15, -0.1) is 0 Å². The summed E-state index contributed by atoms with van der Waals surface area (Å²) in [6.45, 7) is 7.29. The van der Waals surface area contributed by atoms with Gasteiger partial charge in [0.15, 0.2) is 0 Å². The molecule has 11 heteroatoms. The Balaban J connectivity index is 1.62. The molecule has 1 aliphatic rings. The highest BCUT2D eigenvalue weighted by Gasteiger charge is 2.28. The number of hydrogen-bond acceptors (Lipinski definition) is 8. The second-order valence-electron chi connectivity index (χ2n) is 8.52. The third-order valence-electron chi connectivity index (χ3n) is 5.51. The van der Waals surface area contributed by atoms with Crippen LogP contribution < -0.4 is 10.6 Å². The van der Waals surface area contributed by atoms with Crippen molar-refractivity contribution in [2.75, 3.05) is 30.4 Å². The Kier molecular flexibility index (Phi) is 7.27. The molecule has 1 fully saturated rings. The van der Waals surface area contributed by atoms with Gasteiger partial charge in [0.25, 0.3) is 0 Å². The summed E-state index contributed by atoms with van der Waals surface area (Å²) in [5.74, 6) is -3.59. The average molecular weight is 484 g/mol. The van der Waals surface area contributed by atoms with Gasteiger partial charge in [0, 0.05) is 63.2 Å². The number of carbonyl (C=O) groups is 1. The molecule has 1 aliphatic heterocycles. The van der Waals surface area contributed by atoms with E-state index in [2.05, 4.69) is 42.4 Å². The van der Waals surface area contributed by atoms with E-state index >= 15 is 0 Å². The van der Waals surface area contributed by atoms with Crippen molar-refractivity contribution in [3.8, 4) is 11.3 Å². The molecular weight excluding hydrogens is 456 g/mol. The number of ether oxygens (including phenoxy) is 1. The molecular formula is C24H27F2N7O2. The van der Waals surface area contributed by atoms with Gasteiger partial charge in [-0.05, 0) is 24.6 Å². The molecule has 3 aromatic rings. The van der Waals surface area contributed by atoms with Gasteiger partial charge in [-0.1, -0.05) is 6.07 Å². The quantitative estimate of drug-likeness (QED) is 0.520. The molecule has 3 aromatic heterocycles. The molecule has 1 atom stereocenters. The summed E-state index contributed by atoms with van der Waals surface area (Å²) in [6.07, 6.45) is 4.64. The van der Waals surface area contributed by atoms with Crippen LogP contribution in [0.5, 0.6) is 0 Å². The molecule has 4 rings (SSSR count). The number of anilines is 3. The van der Waals surface area contributed by atoms with Crippen LogP contribution in [0.3, 0.4) is 0 Å². The van der Waals surface area contributed by atoms with Crippen LogP contribution in [-0.2, 0) is 22.0 Å². The van der Waals surface area contributed by atoms with Crippen LogP contribution in [0.25, 0.3) is 11.3 Å². The number of morpholine rings is 1. The summed E-state index contributed by atoms with van der Waals surface area (Å²) in [5.41, 5.74) is 2.80. The van der Waals surface area contributed by atoms with E-state index in [4.69, 9.17) is 4.74 Å². The number of pyridine rings is 2. The number of halogens is 2. The average Bonchev–Trinajstić information content (AvgIpc) is 2.81. The predicted octanol–water partition coefficient (Wildman–Crippen LogP) is 3.97. The number of hydrogen-bond donors (Lipinski definition) is 2. The van der Waals surface area contributed by atoms with Crippen molar-refractivity contribution < 1.29 is 18.3 Å². The zero-order valence-corrected chi connectivity index (χ0v) is 19.8. The van der Waals surface area contributed by atoms with Gasteiger partial charge in [-0.3, -0.25) is 14.7 Å². The van der Waals surface area contributed by atoms with E-state index < -0.39 is 11.7 Å². The van der Waals surface area contributed by atoms with Crippen LogP contribution in [0.15, 0.2) is 42.9 Å². The molecule has 0 aromatic carbocycles. The number of aromatic nitrogens is 4. The third kappa shape index (κ3) is 6.31. The van der Waals surface area contributed by atoms with Crippen LogP contribution in [0, 0.1) is 0 Å². The first-order valence-electron chi connectivity index (χ1n) is 11.2. The lowest BCUT2D eigenvalue weighted by atomic mass is 10.1. The lowest BCUT2D eigenvalue weighted by Gasteiger charge is -2.33. The van der Waals surface area contributed by atoms with Crippen molar-refractivity contribution in [2.45, 2.75) is 39.3 Å². The van der Waals surface area contributed by atoms with Gasteiger partial charge < -0.3 is 15.4 Å². The molecule has 2 N–H and O–H groups in total. The van der Waals surface area contributed by atoms with Crippen molar-refractivity contribution in [1.82, 2.24) is 24.8 Å². The first-order valence-corrected chi connectivity index (χ1v) is 11.2. The molecule has 4 heterocycles. The van der Waals surface area contributed by atoms with Crippen molar-refractivity contribution >= 4 is 23.2 Å². The lowest BCUT2D eigenvalue weighted by Crippen LogP contribution is -2.42. The summed E-state index contributed by atoms with van der Waals surface area (Å²) < 4.78 is 32.9. The Morgan fingerprint density at radius 1 is 1.20 bits per heavy atom. The van der Waals surface area contributed by atoms with Crippen LogP contribution in [-0.4, -0.2) is 56.5 Å². The molecule has 1 amide bonds. The standard InChI is InChI=1S/C24H27F2N7O2/c1-15-14-35-9-8-33(15)13-17-4-5-19(28-11-17)18-12-29-22(30-16(2)34)10-20(18)31-21-6-7-27-23(32-21)24(3,25)26/h4-7,10-12,15H,8-9,13-14H2,1-3H3,(H2,27,29,30,31,32,34)/t15-/m1/s1. The monoisotopic (exact) mass is 483 g/mol. The van der Waals surface area contributed by atoms with E-state index in [1.165, 1.54) is 19.2 Å². The molecule has 0 aliphatic carbocycles. The van der Waals surface area contributed by atoms with Crippen LogP contribution in [0.1, 0.15) is 32.2 Å². The minimum absolute atomic E-state index is 0.177. The fourth-order valence-electron chi connectivity index (χ4n) is 3.70. The second kappa shape index (κ2) is 10.4. The molecule has 184 valence electrons. The Hall–Kier alpha value is -3.57. The van der Waals surface area contributed by atoms with E-state index in [1.807, 2.05) is 18.3 Å². The normalized spacial score (nSPS) is 16.7. The van der Waals surface area contributed by atoms with E-state index in [0.717, 1.165) is 25.6 Å². The topological polar surface area (TPSA) is 105 Å². The van der Waals surface area contributed by atoms with Crippen molar-refractivity contribution in [2.24, 2.45) is 0 Å².